The fourth-order valence-corrected chi connectivity index (χ4v) is 3.69. The van der Waals surface area contributed by atoms with Crippen molar-refractivity contribution in [3.63, 3.8) is 0 Å². The molecule has 0 aliphatic rings. The molecular formula is C22H25N5O3S. The van der Waals surface area contributed by atoms with Crippen LogP contribution in [0.2, 0.25) is 0 Å². The molecule has 3 aromatic rings. The van der Waals surface area contributed by atoms with Crippen LogP contribution in [-0.4, -0.2) is 38.9 Å². The number of anilines is 2. The highest BCUT2D eigenvalue weighted by atomic mass is 32.2. The number of nitrogens with zero attached hydrogens (tertiary/aromatic N) is 3. The van der Waals surface area contributed by atoms with Crippen LogP contribution in [0.25, 0.3) is 0 Å². The monoisotopic (exact) mass is 439 g/mol. The van der Waals surface area contributed by atoms with Crippen LogP contribution in [0.4, 0.5) is 11.4 Å². The van der Waals surface area contributed by atoms with E-state index in [9.17, 15) is 9.59 Å². The number of rotatable bonds is 10. The Balaban J connectivity index is 1.54. The fraction of sp³-hybridized carbons (Fsp3) is 0.273. The predicted molar refractivity (Wildman–Crippen MR) is 121 cm³/mol. The fourth-order valence-electron chi connectivity index (χ4n) is 2.87. The number of nitrogens with one attached hydrogen (secondary N) is 2. The van der Waals surface area contributed by atoms with Gasteiger partial charge in [-0.25, -0.2) is 0 Å². The molecule has 0 radical (unpaired) electrons. The minimum absolute atomic E-state index is 0.106. The average Bonchev–Trinajstić information content (AvgIpc) is 3.15. The molecule has 0 atom stereocenters. The van der Waals surface area contributed by atoms with Crippen LogP contribution in [-0.2, 0) is 22.6 Å². The molecule has 2 N–H and O–H groups in total. The summed E-state index contributed by atoms with van der Waals surface area (Å²) in [7, 11) is 0. The first-order valence-electron chi connectivity index (χ1n) is 10.0. The van der Waals surface area contributed by atoms with Crippen molar-refractivity contribution in [2.45, 2.75) is 32.0 Å². The first-order chi connectivity index (χ1) is 15.1. The lowest BCUT2D eigenvalue weighted by atomic mass is 10.3. The Bertz CT molecular complexity index is 1010. The summed E-state index contributed by atoms with van der Waals surface area (Å²) < 4.78 is 7.24. The molecule has 8 nitrogen and oxygen atoms in total. The molecule has 0 aliphatic carbocycles. The second-order valence-corrected chi connectivity index (χ2v) is 7.47. The van der Waals surface area contributed by atoms with E-state index in [-0.39, 0.29) is 24.0 Å². The lowest BCUT2D eigenvalue weighted by molar-refractivity contribution is -0.116. The van der Waals surface area contributed by atoms with Crippen LogP contribution in [0.3, 0.4) is 0 Å². The van der Waals surface area contributed by atoms with E-state index >= 15 is 0 Å². The lowest BCUT2D eigenvalue weighted by Gasteiger charge is -2.09. The highest BCUT2D eigenvalue weighted by Crippen LogP contribution is 2.19. The van der Waals surface area contributed by atoms with Crippen LogP contribution < -0.4 is 15.4 Å². The van der Waals surface area contributed by atoms with Gasteiger partial charge in [0.1, 0.15) is 11.6 Å². The van der Waals surface area contributed by atoms with Gasteiger partial charge in [0.05, 0.1) is 18.8 Å². The van der Waals surface area contributed by atoms with Gasteiger partial charge in [-0.15, -0.1) is 10.2 Å². The Kier molecular flexibility index (Phi) is 8.05. The summed E-state index contributed by atoms with van der Waals surface area (Å²) in [5.74, 6) is 1.18. The Morgan fingerprint density at radius 1 is 0.935 bits per heavy atom. The maximum Gasteiger partial charge on any atom is 0.234 e. The number of carbonyl (C=O) groups excluding carboxylic acids is 2. The van der Waals surface area contributed by atoms with E-state index in [4.69, 9.17) is 4.74 Å². The summed E-state index contributed by atoms with van der Waals surface area (Å²) in [6.07, 6.45) is 0.106. The molecule has 3 rings (SSSR count). The number of hydrogen-bond donors (Lipinski definition) is 2. The zero-order valence-electron chi connectivity index (χ0n) is 17.5. The molecule has 31 heavy (non-hydrogen) atoms. The van der Waals surface area contributed by atoms with Crippen LogP contribution >= 0.6 is 11.8 Å². The van der Waals surface area contributed by atoms with Gasteiger partial charge in [0.15, 0.2) is 5.16 Å². The van der Waals surface area contributed by atoms with Crippen molar-refractivity contribution in [1.82, 2.24) is 14.8 Å². The molecule has 0 saturated heterocycles. The largest absolute Gasteiger partial charge is 0.494 e. The van der Waals surface area contributed by atoms with Crippen molar-refractivity contribution in [2.75, 3.05) is 23.0 Å². The number of carbonyl (C=O) groups is 2. The minimum atomic E-state index is -0.168. The summed E-state index contributed by atoms with van der Waals surface area (Å²) >= 11 is 1.28. The topological polar surface area (TPSA) is 98.1 Å². The second-order valence-electron chi connectivity index (χ2n) is 6.53. The summed E-state index contributed by atoms with van der Waals surface area (Å²) in [4.78, 5) is 24.6. The van der Waals surface area contributed by atoms with Crippen molar-refractivity contribution < 1.29 is 14.3 Å². The molecule has 1 heterocycles. The number of amides is 2. The van der Waals surface area contributed by atoms with E-state index in [0.29, 0.717) is 29.8 Å². The molecule has 162 valence electrons. The number of ether oxygens (including phenoxy) is 1. The SMILES string of the molecule is CCOc1ccc(NC(=O)CSc2nnc(CC(=O)Nc3ccccc3)n2CC)cc1. The standard InChI is InChI=1S/C22H25N5O3S/c1-3-27-19(14-20(28)23-16-8-6-5-7-9-16)25-26-22(27)31-15-21(29)24-17-10-12-18(13-11-17)30-4-2/h5-13H,3-4,14-15H2,1-2H3,(H,23,28)(H,24,29). The van der Waals surface area contributed by atoms with Crippen molar-refractivity contribution in [1.29, 1.82) is 0 Å². The Labute approximate surface area is 185 Å². The third-order valence-corrected chi connectivity index (χ3v) is 5.23. The number of aromatic nitrogens is 3. The van der Waals surface area contributed by atoms with Crippen molar-refractivity contribution >= 4 is 35.0 Å². The summed E-state index contributed by atoms with van der Waals surface area (Å²) in [6.45, 7) is 5.06. The maximum absolute atomic E-state index is 12.3. The van der Waals surface area contributed by atoms with Gasteiger partial charge in [-0.1, -0.05) is 30.0 Å². The van der Waals surface area contributed by atoms with Crippen LogP contribution in [0, 0.1) is 0 Å². The first kappa shape index (κ1) is 22.4. The molecule has 9 heteroatoms. The zero-order valence-corrected chi connectivity index (χ0v) is 18.3. The third kappa shape index (κ3) is 6.58. The van der Waals surface area contributed by atoms with Crippen LogP contribution in [0.5, 0.6) is 5.75 Å². The van der Waals surface area contributed by atoms with Crippen LogP contribution in [0.15, 0.2) is 59.8 Å². The van der Waals surface area contributed by atoms with Gasteiger partial charge >= 0.3 is 0 Å². The van der Waals surface area contributed by atoms with Gasteiger partial charge in [0, 0.05) is 17.9 Å². The number of hydrogen-bond acceptors (Lipinski definition) is 6. The Hall–Kier alpha value is -3.33. The van der Waals surface area contributed by atoms with Gasteiger partial charge in [-0.2, -0.15) is 0 Å². The van der Waals surface area contributed by atoms with Crippen molar-refractivity contribution in [2.24, 2.45) is 0 Å². The number of para-hydroxylation sites is 1. The van der Waals surface area contributed by atoms with E-state index in [1.807, 2.05) is 60.9 Å². The Morgan fingerprint density at radius 2 is 1.61 bits per heavy atom. The van der Waals surface area contributed by atoms with Crippen LogP contribution in [0.1, 0.15) is 19.7 Å². The molecular weight excluding hydrogens is 414 g/mol. The smallest absolute Gasteiger partial charge is 0.234 e. The second kappa shape index (κ2) is 11.2. The quantitative estimate of drug-likeness (QED) is 0.468. The summed E-state index contributed by atoms with van der Waals surface area (Å²) in [5, 5.41) is 14.6. The molecule has 0 fully saturated rings. The van der Waals surface area contributed by atoms with Crippen molar-refractivity contribution in [3.8, 4) is 5.75 Å². The predicted octanol–water partition coefficient (Wildman–Crippen LogP) is 3.61. The molecule has 1 aromatic heterocycles. The highest BCUT2D eigenvalue weighted by molar-refractivity contribution is 7.99. The first-order valence-corrected chi connectivity index (χ1v) is 11.0. The third-order valence-electron chi connectivity index (χ3n) is 4.27. The average molecular weight is 440 g/mol. The van der Waals surface area contributed by atoms with Gasteiger partial charge in [0.25, 0.3) is 0 Å². The molecule has 2 amide bonds. The van der Waals surface area contributed by atoms with E-state index < -0.39 is 0 Å². The van der Waals surface area contributed by atoms with E-state index in [0.717, 1.165) is 11.4 Å². The van der Waals surface area contributed by atoms with Gasteiger partial charge in [-0.3, -0.25) is 9.59 Å². The number of thioether (sulfide) groups is 1. The molecule has 0 spiro atoms. The minimum Gasteiger partial charge on any atom is -0.494 e. The van der Waals surface area contributed by atoms with Gasteiger partial charge in [-0.05, 0) is 50.2 Å². The molecule has 0 aliphatic heterocycles. The normalized spacial score (nSPS) is 10.5. The molecule has 0 bridgehead atoms. The summed E-state index contributed by atoms with van der Waals surface area (Å²) in [6, 6.07) is 16.5. The molecule has 0 unspecified atom stereocenters. The number of benzene rings is 2. The lowest BCUT2D eigenvalue weighted by Crippen LogP contribution is -2.18. The van der Waals surface area contributed by atoms with Gasteiger partial charge < -0.3 is 19.9 Å². The van der Waals surface area contributed by atoms with E-state index in [2.05, 4.69) is 20.8 Å². The maximum atomic E-state index is 12.3. The van der Waals surface area contributed by atoms with E-state index in [1.165, 1.54) is 11.8 Å². The van der Waals surface area contributed by atoms with E-state index in [1.54, 1.807) is 12.1 Å². The van der Waals surface area contributed by atoms with Crippen molar-refractivity contribution in [3.05, 3.63) is 60.4 Å². The molecule has 0 saturated carbocycles. The summed E-state index contributed by atoms with van der Waals surface area (Å²) in [5.41, 5.74) is 1.43. The zero-order chi connectivity index (χ0) is 22.1. The Morgan fingerprint density at radius 3 is 2.29 bits per heavy atom. The highest BCUT2D eigenvalue weighted by Gasteiger charge is 2.16. The van der Waals surface area contributed by atoms with Gasteiger partial charge in [0.2, 0.25) is 11.8 Å². The molecule has 2 aromatic carbocycles.